The van der Waals surface area contributed by atoms with E-state index in [4.69, 9.17) is 32.7 Å². The largest absolute Gasteiger partial charge is 0.487 e. The molecular weight excluding hydrogens is 647 g/mol. The van der Waals surface area contributed by atoms with Crippen LogP contribution in [0.4, 0.5) is 0 Å². The normalized spacial score (nSPS) is 15.0. The Morgan fingerprint density at radius 1 is 1.10 bits per heavy atom. The fourth-order valence-electron chi connectivity index (χ4n) is 4.62. The Kier molecular flexibility index (Phi) is 8.85. The molecule has 210 valence electrons. The number of carbonyl (C=O) groups excluding carboxylic acids is 1. The number of nitrogens with zero attached hydrogens (tertiary/aromatic N) is 2. The lowest BCUT2D eigenvalue weighted by molar-refractivity contribution is -0.139. The van der Waals surface area contributed by atoms with Crippen LogP contribution in [0.15, 0.2) is 86.2 Å². The van der Waals surface area contributed by atoms with Crippen LogP contribution < -0.4 is 19.6 Å². The number of aryl methyl sites for hydroxylation is 1. The van der Waals surface area contributed by atoms with Crippen molar-refractivity contribution in [2.45, 2.75) is 33.4 Å². The molecule has 0 aliphatic carbocycles. The number of rotatable bonds is 7. The molecule has 4 aromatic rings. The molecule has 0 amide bonds. The van der Waals surface area contributed by atoms with Crippen LogP contribution in [-0.4, -0.2) is 17.1 Å². The summed E-state index contributed by atoms with van der Waals surface area (Å²) < 4.78 is 14.2. The molecule has 2 heterocycles. The minimum absolute atomic E-state index is 0.211. The van der Waals surface area contributed by atoms with Crippen molar-refractivity contribution < 1.29 is 14.3 Å². The molecule has 6 nitrogen and oxygen atoms in total. The van der Waals surface area contributed by atoms with Crippen LogP contribution in [0, 0.1) is 6.92 Å². The first-order valence-corrected chi connectivity index (χ1v) is 15.1. The number of allylic oxidation sites excluding steroid dienone is 1. The van der Waals surface area contributed by atoms with Crippen molar-refractivity contribution in [3.05, 3.63) is 128 Å². The minimum atomic E-state index is -0.683. The topological polar surface area (TPSA) is 69.9 Å². The van der Waals surface area contributed by atoms with Gasteiger partial charge in [-0.05, 0) is 78.2 Å². The molecule has 41 heavy (non-hydrogen) atoms. The highest BCUT2D eigenvalue weighted by molar-refractivity contribution is 9.10. The van der Waals surface area contributed by atoms with Gasteiger partial charge in [-0.1, -0.05) is 76.5 Å². The predicted molar refractivity (Wildman–Crippen MR) is 167 cm³/mol. The zero-order valence-electron chi connectivity index (χ0n) is 22.4. The van der Waals surface area contributed by atoms with E-state index in [1.807, 2.05) is 49.4 Å². The van der Waals surface area contributed by atoms with Gasteiger partial charge in [0.2, 0.25) is 0 Å². The number of esters is 1. The third-order valence-electron chi connectivity index (χ3n) is 6.51. The molecule has 1 aliphatic rings. The fraction of sp³-hybridized carbons (Fsp3) is 0.194. The van der Waals surface area contributed by atoms with Crippen LogP contribution in [0.3, 0.4) is 0 Å². The van der Waals surface area contributed by atoms with Gasteiger partial charge < -0.3 is 9.47 Å². The number of benzene rings is 3. The predicted octanol–water partition coefficient (Wildman–Crippen LogP) is 6.76. The SMILES string of the molecule is CCOC(=O)C1=C(C)N=c2s/c(=C\c3cc(Cl)cc(Br)c3OCc3cccc(Cl)c3)c(=O)n2[C@@H]1c1ccc(C)cc1. The van der Waals surface area contributed by atoms with Crippen molar-refractivity contribution in [1.82, 2.24) is 4.57 Å². The standard InChI is InChI=1S/C31H25BrCl2N2O4S/c1-4-39-30(38)26-18(3)35-31-36(27(26)20-10-8-17(2)9-11-20)29(37)25(41-31)14-21-13-23(34)15-24(32)28(21)40-16-19-6-5-7-22(33)12-19/h5-15,27H,4,16H2,1-3H3/b25-14-/t27-/m1/s1. The van der Waals surface area contributed by atoms with E-state index in [0.717, 1.165) is 16.7 Å². The first-order valence-electron chi connectivity index (χ1n) is 12.8. The zero-order valence-corrected chi connectivity index (χ0v) is 26.3. The quantitative estimate of drug-likeness (QED) is 0.204. The van der Waals surface area contributed by atoms with Crippen LogP contribution in [-0.2, 0) is 16.1 Å². The maximum atomic E-state index is 14.0. The molecular formula is C31H25BrCl2N2O4S. The third kappa shape index (κ3) is 6.21. The number of fused-ring (bicyclic) bond motifs is 1. The summed E-state index contributed by atoms with van der Waals surface area (Å²) in [6.07, 6.45) is 1.74. The van der Waals surface area contributed by atoms with Crippen LogP contribution >= 0.6 is 50.5 Å². The van der Waals surface area contributed by atoms with Crippen molar-refractivity contribution in [2.24, 2.45) is 4.99 Å². The van der Waals surface area contributed by atoms with Crippen molar-refractivity contribution in [3.8, 4) is 5.75 Å². The molecule has 0 N–H and O–H groups in total. The van der Waals surface area contributed by atoms with Gasteiger partial charge in [0.15, 0.2) is 4.80 Å². The maximum Gasteiger partial charge on any atom is 0.338 e. The van der Waals surface area contributed by atoms with Gasteiger partial charge in [0.25, 0.3) is 5.56 Å². The van der Waals surface area contributed by atoms with Crippen molar-refractivity contribution >= 4 is 62.5 Å². The van der Waals surface area contributed by atoms with Crippen molar-refractivity contribution in [3.63, 3.8) is 0 Å². The monoisotopic (exact) mass is 670 g/mol. The Labute approximate surface area is 259 Å². The van der Waals surface area contributed by atoms with E-state index in [0.29, 0.717) is 46.4 Å². The van der Waals surface area contributed by atoms with E-state index in [-0.39, 0.29) is 18.8 Å². The van der Waals surface area contributed by atoms with Crippen LogP contribution in [0.5, 0.6) is 5.75 Å². The number of aromatic nitrogens is 1. The third-order valence-corrected chi connectivity index (χ3v) is 8.53. The lowest BCUT2D eigenvalue weighted by Crippen LogP contribution is -2.39. The smallest absolute Gasteiger partial charge is 0.338 e. The maximum absolute atomic E-state index is 14.0. The molecule has 3 aromatic carbocycles. The van der Waals surface area contributed by atoms with Gasteiger partial charge in [-0.25, -0.2) is 9.79 Å². The second kappa shape index (κ2) is 12.4. The summed E-state index contributed by atoms with van der Waals surface area (Å²) in [4.78, 5) is 32.2. The summed E-state index contributed by atoms with van der Waals surface area (Å²) in [5, 5.41) is 1.09. The van der Waals surface area contributed by atoms with E-state index in [2.05, 4.69) is 20.9 Å². The molecule has 10 heteroatoms. The molecule has 1 aliphatic heterocycles. The summed E-state index contributed by atoms with van der Waals surface area (Å²) in [5.41, 5.74) is 3.93. The first-order chi connectivity index (χ1) is 19.7. The number of carbonyl (C=O) groups is 1. The molecule has 1 atom stereocenters. The number of ether oxygens (including phenoxy) is 2. The lowest BCUT2D eigenvalue weighted by atomic mass is 9.95. The molecule has 5 rings (SSSR count). The van der Waals surface area contributed by atoms with Crippen LogP contribution in [0.2, 0.25) is 10.0 Å². The second-order valence-electron chi connectivity index (χ2n) is 9.44. The first kappa shape index (κ1) is 29.3. The molecule has 0 unspecified atom stereocenters. The summed E-state index contributed by atoms with van der Waals surface area (Å²) in [7, 11) is 0. The van der Waals surface area contributed by atoms with Gasteiger partial charge in [0.05, 0.1) is 32.9 Å². The Morgan fingerprint density at radius 2 is 1.85 bits per heavy atom. The molecule has 0 saturated heterocycles. The Hall–Kier alpha value is -3.17. The fourth-order valence-corrected chi connectivity index (χ4v) is 6.82. The lowest BCUT2D eigenvalue weighted by Gasteiger charge is -2.24. The van der Waals surface area contributed by atoms with E-state index >= 15 is 0 Å². The summed E-state index contributed by atoms with van der Waals surface area (Å²) >= 11 is 17.3. The second-order valence-corrected chi connectivity index (χ2v) is 12.2. The number of halogens is 3. The molecule has 0 bridgehead atoms. The van der Waals surface area contributed by atoms with E-state index in [9.17, 15) is 9.59 Å². The molecule has 0 fully saturated rings. The summed E-state index contributed by atoms with van der Waals surface area (Å²) in [6, 6.07) is 18.0. The number of hydrogen-bond acceptors (Lipinski definition) is 6. The number of hydrogen-bond donors (Lipinski definition) is 0. The molecule has 1 aromatic heterocycles. The van der Waals surface area contributed by atoms with Gasteiger partial charge >= 0.3 is 5.97 Å². The Morgan fingerprint density at radius 3 is 2.56 bits per heavy atom. The summed E-state index contributed by atoms with van der Waals surface area (Å²) in [6.45, 7) is 5.97. The van der Waals surface area contributed by atoms with Crippen molar-refractivity contribution in [2.75, 3.05) is 6.61 Å². The Bertz CT molecular complexity index is 1860. The van der Waals surface area contributed by atoms with E-state index < -0.39 is 12.0 Å². The van der Waals surface area contributed by atoms with Gasteiger partial charge in [-0.2, -0.15) is 0 Å². The highest BCUT2D eigenvalue weighted by Gasteiger charge is 2.33. The van der Waals surface area contributed by atoms with Gasteiger partial charge in [-0.3, -0.25) is 9.36 Å². The average Bonchev–Trinajstić information content (AvgIpc) is 3.22. The minimum Gasteiger partial charge on any atom is -0.487 e. The molecule has 0 spiro atoms. The molecule has 0 saturated carbocycles. The highest BCUT2D eigenvalue weighted by Crippen LogP contribution is 2.34. The zero-order chi connectivity index (χ0) is 29.3. The van der Waals surface area contributed by atoms with Crippen LogP contribution in [0.25, 0.3) is 6.08 Å². The van der Waals surface area contributed by atoms with E-state index in [1.165, 1.54) is 11.3 Å². The van der Waals surface area contributed by atoms with E-state index in [1.54, 1.807) is 42.7 Å². The van der Waals surface area contributed by atoms with Gasteiger partial charge in [-0.15, -0.1) is 0 Å². The Balaban J connectivity index is 1.65. The van der Waals surface area contributed by atoms with Gasteiger partial charge in [0, 0.05) is 15.6 Å². The molecule has 0 radical (unpaired) electrons. The van der Waals surface area contributed by atoms with Gasteiger partial charge in [0.1, 0.15) is 12.4 Å². The summed E-state index contributed by atoms with van der Waals surface area (Å²) in [5.74, 6) is 0.0303. The number of thiazole rings is 1. The average molecular weight is 672 g/mol. The highest BCUT2D eigenvalue weighted by atomic mass is 79.9. The van der Waals surface area contributed by atoms with Crippen LogP contribution in [0.1, 0.15) is 42.1 Å². The van der Waals surface area contributed by atoms with Crippen molar-refractivity contribution in [1.29, 1.82) is 0 Å².